The average molecular weight is 412 g/mol. The minimum absolute atomic E-state index is 0. The molecule has 0 bridgehead atoms. The van der Waals surface area contributed by atoms with Crippen LogP contribution >= 0.6 is 24.2 Å². The van der Waals surface area contributed by atoms with Crippen LogP contribution in [0.2, 0.25) is 0 Å². The summed E-state index contributed by atoms with van der Waals surface area (Å²) in [7, 11) is 1.92. The first-order chi connectivity index (χ1) is 12.6. The second-order valence-electron chi connectivity index (χ2n) is 7.32. The molecule has 3 rings (SSSR count). The molecule has 0 radical (unpaired) electrons. The number of nitrogens with zero attached hydrogens (tertiary/aromatic N) is 1. The van der Waals surface area contributed by atoms with Gasteiger partial charge in [-0.1, -0.05) is 31.4 Å². The first kappa shape index (κ1) is 22.1. The van der Waals surface area contributed by atoms with Gasteiger partial charge in [0.1, 0.15) is 0 Å². The van der Waals surface area contributed by atoms with Crippen LogP contribution in [0.1, 0.15) is 42.5 Å². The highest BCUT2D eigenvalue weighted by atomic mass is 35.5. The van der Waals surface area contributed by atoms with Crippen LogP contribution in [0.5, 0.6) is 0 Å². The van der Waals surface area contributed by atoms with E-state index >= 15 is 0 Å². The molecule has 27 heavy (non-hydrogen) atoms. The van der Waals surface area contributed by atoms with Crippen LogP contribution in [0.4, 0.5) is 0 Å². The molecule has 1 saturated carbocycles. The molecule has 2 amide bonds. The molecule has 150 valence electrons. The highest BCUT2D eigenvalue weighted by Gasteiger charge is 2.23. The number of nitrogens with one attached hydrogen (secondary N) is 2. The van der Waals surface area contributed by atoms with Crippen molar-refractivity contribution < 1.29 is 9.59 Å². The Morgan fingerprint density at radius 1 is 1.19 bits per heavy atom. The Bertz CT molecular complexity index is 633. The number of thioether (sulfide) groups is 1. The van der Waals surface area contributed by atoms with Crippen molar-refractivity contribution in [3.05, 3.63) is 29.8 Å². The molecule has 1 aliphatic carbocycles. The minimum atomic E-state index is -0.0481. The molecule has 2 N–H and O–H groups in total. The quantitative estimate of drug-likeness (QED) is 0.677. The lowest BCUT2D eigenvalue weighted by Crippen LogP contribution is -2.48. The number of amides is 2. The molecule has 0 spiro atoms. The van der Waals surface area contributed by atoms with Gasteiger partial charge < -0.3 is 15.5 Å². The van der Waals surface area contributed by atoms with Crippen LogP contribution in [0.15, 0.2) is 29.2 Å². The number of rotatable bonds is 7. The third kappa shape index (κ3) is 6.13. The fourth-order valence-corrected chi connectivity index (χ4v) is 4.49. The van der Waals surface area contributed by atoms with E-state index in [9.17, 15) is 9.59 Å². The van der Waals surface area contributed by atoms with Crippen molar-refractivity contribution in [3.63, 3.8) is 0 Å². The molecule has 1 aromatic carbocycles. The summed E-state index contributed by atoms with van der Waals surface area (Å²) < 4.78 is 0. The molecule has 1 aromatic rings. The third-order valence-electron chi connectivity index (χ3n) is 5.42. The van der Waals surface area contributed by atoms with E-state index in [1.165, 1.54) is 31.0 Å². The Labute approximate surface area is 172 Å². The minimum Gasteiger partial charge on any atom is -0.352 e. The van der Waals surface area contributed by atoms with Crippen LogP contribution < -0.4 is 10.6 Å². The maximum absolute atomic E-state index is 12.6. The van der Waals surface area contributed by atoms with Gasteiger partial charge in [0.05, 0.1) is 11.3 Å². The van der Waals surface area contributed by atoms with Crippen molar-refractivity contribution in [2.24, 2.45) is 5.92 Å². The van der Waals surface area contributed by atoms with Gasteiger partial charge in [-0.25, -0.2) is 0 Å². The lowest BCUT2D eigenvalue weighted by atomic mass is 9.94. The highest BCUT2D eigenvalue weighted by molar-refractivity contribution is 8.00. The van der Waals surface area contributed by atoms with Gasteiger partial charge in [-0.05, 0) is 25.0 Å². The van der Waals surface area contributed by atoms with Crippen molar-refractivity contribution in [2.45, 2.75) is 43.0 Å². The molecular formula is C20H30ClN3O2S. The lowest BCUT2D eigenvalue weighted by Gasteiger charge is -2.31. The number of hydrogen-bond donors (Lipinski definition) is 2. The van der Waals surface area contributed by atoms with Crippen molar-refractivity contribution in [2.75, 3.05) is 32.4 Å². The summed E-state index contributed by atoms with van der Waals surface area (Å²) in [4.78, 5) is 27.8. The van der Waals surface area contributed by atoms with Gasteiger partial charge in [-0.3, -0.25) is 9.59 Å². The van der Waals surface area contributed by atoms with Gasteiger partial charge in [0, 0.05) is 43.5 Å². The van der Waals surface area contributed by atoms with Crippen LogP contribution in [0, 0.1) is 5.92 Å². The SMILES string of the molecule is CN(C(=O)CSc1ccccc1C(=O)NCC1CNC1)C1CCCCC1.Cl. The van der Waals surface area contributed by atoms with E-state index in [2.05, 4.69) is 10.6 Å². The fraction of sp³-hybridized carbons (Fsp3) is 0.600. The lowest BCUT2D eigenvalue weighted by molar-refractivity contribution is -0.129. The maximum Gasteiger partial charge on any atom is 0.252 e. The van der Waals surface area contributed by atoms with E-state index in [4.69, 9.17) is 0 Å². The molecule has 0 unspecified atom stereocenters. The number of hydrogen-bond acceptors (Lipinski definition) is 4. The Hall–Kier alpha value is -1.24. The first-order valence-electron chi connectivity index (χ1n) is 9.61. The summed E-state index contributed by atoms with van der Waals surface area (Å²) in [5.41, 5.74) is 0.665. The zero-order valence-electron chi connectivity index (χ0n) is 15.9. The predicted octanol–water partition coefficient (Wildman–Crippen LogP) is 2.94. The van der Waals surface area contributed by atoms with E-state index in [0.29, 0.717) is 29.8 Å². The van der Waals surface area contributed by atoms with Crippen molar-refractivity contribution in [1.82, 2.24) is 15.5 Å². The second-order valence-corrected chi connectivity index (χ2v) is 8.33. The van der Waals surface area contributed by atoms with Gasteiger partial charge in [0.25, 0.3) is 5.91 Å². The number of carbonyl (C=O) groups is 2. The normalized spacial score (nSPS) is 17.5. The smallest absolute Gasteiger partial charge is 0.252 e. The molecule has 1 saturated heterocycles. The first-order valence-corrected chi connectivity index (χ1v) is 10.6. The van der Waals surface area contributed by atoms with Crippen LogP contribution in [-0.2, 0) is 4.79 Å². The summed E-state index contributed by atoms with van der Waals surface area (Å²) in [6.07, 6.45) is 5.94. The number of carbonyl (C=O) groups excluding carboxylic acids is 2. The Morgan fingerprint density at radius 3 is 2.56 bits per heavy atom. The average Bonchev–Trinajstić information content (AvgIpc) is 2.65. The molecule has 2 aliphatic rings. The largest absolute Gasteiger partial charge is 0.352 e. The Balaban J connectivity index is 0.00000261. The Kier molecular flexibility index (Phi) is 8.93. The summed E-state index contributed by atoms with van der Waals surface area (Å²) in [6, 6.07) is 7.95. The molecular weight excluding hydrogens is 382 g/mol. The molecule has 1 aliphatic heterocycles. The topological polar surface area (TPSA) is 61.4 Å². The van der Waals surface area contributed by atoms with E-state index < -0.39 is 0 Å². The van der Waals surface area contributed by atoms with Gasteiger partial charge in [-0.2, -0.15) is 0 Å². The summed E-state index contributed by atoms with van der Waals surface area (Å²) in [6.45, 7) is 2.64. The molecule has 0 aromatic heterocycles. The van der Waals surface area contributed by atoms with E-state index in [-0.39, 0.29) is 24.2 Å². The van der Waals surface area contributed by atoms with Crippen LogP contribution in [0.25, 0.3) is 0 Å². The monoisotopic (exact) mass is 411 g/mol. The number of benzene rings is 1. The van der Waals surface area contributed by atoms with Crippen molar-refractivity contribution in [1.29, 1.82) is 0 Å². The molecule has 7 heteroatoms. The predicted molar refractivity (Wildman–Crippen MR) is 113 cm³/mol. The molecule has 5 nitrogen and oxygen atoms in total. The Morgan fingerprint density at radius 2 is 1.89 bits per heavy atom. The number of halogens is 1. The highest BCUT2D eigenvalue weighted by Crippen LogP contribution is 2.25. The van der Waals surface area contributed by atoms with Gasteiger partial charge in [0.15, 0.2) is 0 Å². The van der Waals surface area contributed by atoms with E-state index in [1.807, 2.05) is 36.2 Å². The standard InChI is InChI=1S/C20H29N3O2S.ClH/c1-23(16-7-3-2-4-8-16)19(24)14-26-18-10-6-5-9-17(18)20(25)22-13-15-11-21-12-15;/h5-6,9-10,15-16,21H,2-4,7-8,11-14H2,1H3,(H,22,25);1H. The van der Waals surface area contributed by atoms with Gasteiger partial charge in [0.2, 0.25) is 5.91 Å². The van der Waals surface area contributed by atoms with Crippen LogP contribution in [-0.4, -0.2) is 55.2 Å². The van der Waals surface area contributed by atoms with E-state index in [1.54, 1.807) is 0 Å². The summed E-state index contributed by atoms with van der Waals surface area (Å²) >= 11 is 1.47. The van der Waals surface area contributed by atoms with Gasteiger partial charge in [-0.15, -0.1) is 24.2 Å². The molecule has 2 fully saturated rings. The van der Waals surface area contributed by atoms with Gasteiger partial charge >= 0.3 is 0 Å². The summed E-state index contributed by atoms with van der Waals surface area (Å²) in [5.74, 6) is 1.01. The van der Waals surface area contributed by atoms with Crippen molar-refractivity contribution in [3.8, 4) is 0 Å². The fourth-order valence-electron chi connectivity index (χ4n) is 3.52. The van der Waals surface area contributed by atoms with Crippen molar-refractivity contribution >= 4 is 36.0 Å². The summed E-state index contributed by atoms with van der Waals surface area (Å²) in [5, 5.41) is 6.22. The second kappa shape index (κ2) is 10.9. The van der Waals surface area contributed by atoms with Crippen LogP contribution in [0.3, 0.4) is 0 Å². The maximum atomic E-state index is 12.6. The zero-order chi connectivity index (χ0) is 18.4. The third-order valence-corrected chi connectivity index (χ3v) is 6.47. The molecule has 0 atom stereocenters. The molecule has 1 heterocycles. The van der Waals surface area contributed by atoms with E-state index in [0.717, 1.165) is 30.8 Å². The zero-order valence-corrected chi connectivity index (χ0v) is 17.5.